The number of carbonyl (C=O) groups is 1. The molecule has 2 bridgehead atoms. The van der Waals surface area contributed by atoms with Gasteiger partial charge in [-0.05, 0) is 48.7 Å². The minimum Gasteiger partial charge on any atom is -0.494 e. The predicted molar refractivity (Wildman–Crippen MR) is 142 cm³/mol. The molecule has 13 nitrogen and oxygen atoms in total. The lowest BCUT2D eigenvalue weighted by Gasteiger charge is -2.49. The van der Waals surface area contributed by atoms with E-state index in [1.165, 1.54) is 0 Å². The van der Waals surface area contributed by atoms with E-state index in [0.717, 1.165) is 5.56 Å². The number of aliphatic hydroxyl groups is 6. The zero-order valence-electron chi connectivity index (χ0n) is 22.4. The highest BCUT2D eigenvalue weighted by Crippen LogP contribution is 2.51. The van der Waals surface area contributed by atoms with Gasteiger partial charge in [-0.2, -0.15) is 0 Å². The van der Waals surface area contributed by atoms with Gasteiger partial charge in [-0.25, -0.2) is 4.79 Å². The van der Waals surface area contributed by atoms with E-state index < -0.39 is 73.0 Å². The van der Waals surface area contributed by atoms with E-state index >= 15 is 0 Å². The molecule has 2 aromatic carbocycles. The second kappa shape index (κ2) is 11.9. The summed E-state index contributed by atoms with van der Waals surface area (Å²) < 4.78 is 28.4. The van der Waals surface area contributed by atoms with Crippen LogP contribution in [0.4, 0.5) is 0 Å². The van der Waals surface area contributed by atoms with Crippen LogP contribution >= 0.6 is 11.6 Å². The zero-order valence-corrected chi connectivity index (χ0v) is 23.2. The first kappa shape index (κ1) is 31.0. The van der Waals surface area contributed by atoms with E-state index in [4.69, 9.17) is 35.3 Å². The van der Waals surface area contributed by atoms with Crippen molar-refractivity contribution in [1.29, 1.82) is 0 Å². The summed E-state index contributed by atoms with van der Waals surface area (Å²) in [5, 5.41) is 73.4. The van der Waals surface area contributed by atoms with Gasteiger partial charge in [-0.1, -0.05) is 29.8 Å². The number of aliphatic hydroxyl groups excluding tert-OH is 6. The monoisotopic (exact) mass is 612 g/mol. The molecule has 0 aliphatic carbocycles. The minimum atomic E-state index is -1.99. The van der Waals surface area contributed by atoms with E-state index in [1.54, 1.807) is 18.2 Å². The summed E-state index contributed by atoms with van der Waals surface area (Å²) in [6, 6.07) is 12.2. The molecule has 0 unspecified atom stereocenters. The fourth-order valence-corrected chi connectivity index (χ4v) is 5.72. The van der Waals surface area contributed by atoms with Crippen molar-refractivity contribution < 1.29 is 64.2 Å². The summed E-state index contributed by atoms with van der Waals surface area (Å²) in [6.45, 7) is 1.28. The summed E-state index contributed by atoms with van der Waals surface area (Å²) in [6.07, 6.45) is -14.7. The Morgan fingerprint density at radius 3 is 2.38 bits per heavy atom. The molecule has 5 rings (SSSR count). The van der Waals surface area contributed by atoms with E-state index in [1.807, 2.05) is 31.2 Å². The quantitative estimate of drug-likeness (QED) is 0.187. The van der Waals surface area contributed by atoms with Crippen molar-refractivity contribution in [2.75, 3.05) is 19.8 Å². The summed E-state index contributed by atoms with van der Waals surface area (Å²) in [5.74, 6) is -2.91. The molecular formula is C28H33ClO13. The molecule has 0 amide bonds. The van der Waals surface area contributed by atoms with Gasteiger partial charge in [0.25, 0.3) is 0 Å². The van der Waals surface area contributed by atoms with Crippen molar-refractivity contribution in [1.82, 2.24) is 0 Å². The Hall–Kier alpha value is -2.40. The predicted octanol–water partition coefficient (Wildman–Crippen LogP) is -0.727. The van der Waals surface area contributed by atoms with Gasteiger partial charge in [0.15, 0.2) is 12.4 Å². The third-order valence-electron chi connectivity index (χ3n) is 7.89. The number of hydrogen-bond acceptors (Lipinski definition) is 12. The molecular weight excluding hydrogens is 580 g/mol. The number of fused-ring (bicyclic) bond motifs is 2. The molecule has 42 heavy (non-hydrogen) atoms. The van der Waals surface area contributed by atoms with Gasteiger partial charge in [-0.15, -0.1) is 0 Å². The molecule has 3 fully saturated rings. The molecule has 10 atom stereocenters. The SMILES string of the molecule is CCOc1ccc(Cc2cc([C@]34OC[C@](CO)(O3)[C@@H](O)[C@H](O[C@@H]3O[C@H](C(=O)O)[C@@H](O)[C@H](O)[C@H]3O)[C@H]4O)ccc2Cl)cc1. The molecule has 0 aromatic heterocycles. The summed E-state index contributed by atoms with van der Waals surface area (Å²) in [4.78, 5) is 11.5. The first-order valence-corrected chi connectivity index (χ1v) is 13.7. The van der Waals surface area contributed by atoms with Crippen LogP contribution in [-0.4, -0.2) is 116 Å². The lowest BCUT2D eigenvalue weighted by Crippen LogP contribution is -2.68. The highest BCUT2D eigenvalue weighted by Gasteiger charge is 2.68. The highest BCUT2D eigenvalue weighted by molar-refractivity contribution is 6.31. The average Bonchev–Trinajstić information content (AvgIpc) is 3.36. The van der Waals surface area contributed by atoms with Gasteiger partial charge in [0.1, 0.15) is 48.0 Å². The van der Waals surface area contributed by atoms with Gasteiger partial charge < -0.3 is 59.4 Å². The smallest absolute Gasteiger partial charge is 0.335 e. The maximum absolute atomic E-state index is 11.6. The molecule has 3 heterocycles. The molecule has 7 N–H and O–H groups in total. The number of ether oxygens (including phenoxy) is 5. The molecule has 3 aliphatic heterocycles. The zero-order chi connectivity index (χ0) is 30.4. The number of carboxylic acids is 1. The Kier molecular flexibility index (Phi) is 8.83. The summed E-state index contributed by atoms with van der Waals surface area (Å²) in [5.41, 5.74) is 0.0404. The number of halogens is 1. The Morgan fingerprint density at radius 2 is 1.74 bits per heavy atom. The summed E-state index contributed by atoms with van der Waals surface area (Å²) in [7, 11) is 0. The van der Waals surface area contributed by atoms with Gasteiger partial charge in [0.05, 0.1) is 19.8 Å². The first-order chi connectivity index (χ1) is 20.0. The highest BCUT2D eigenvalue weighted by atomic mass is 35.5. The first-order valence-electron chi connectivity index (χ1n) is 13.4. The molecule has 0 saturated carbocycles. The van der Waals surface area contributed by atoms with Crippen molar-refractivity contribution in [3.05, 3.63) is 64.2 Å². The van der Waals surface area contributed by atoms with Crippen LogP contribution in [0.15, 0.2) is 42.5 Å². The van der Waals surface area contributed by atoms with E-state index in [0.29, 0.717) is 29.4 Å². The van der Waals surface area contributed by atoms with Crippen LogP contribution in [0.2, 0.25) is 5.02 Å². The Balaban J connectivity index is 1.46. The van der Waals surface area contributed by atoms with Gasteiger partial charge in [-0.3, -0.25) is 0 Å². The maximum Gasteiger partial charge on any atom is 0.335 e. The van der Waals surface area contributed by atoms with Crippen LogP contribution in [0.5, 0.6) is 5.75 Å². The van der Waals surface area contributed by atoms with Crippen molar-refractivity contribution in [2.45, 2.75) is 73.8 Å². The third-order valence-corrected chi connectivity index (χ3v) is 8.25. The Morgan fingerprint density at radius 1 is 1.02 bits per heavy atom. The second-order valence-corrected chi connectivity index (χ2v) is 11.0. The van der Waals surface area contributed by atoms with Crippen molar-refractivity contribution in [2.24, 2.45) is 0 Å². The number of rotatable bonds is 9. The molecule has 3 aliphatic rings. The Bertz CT molecular complexity index is 1280. The number of benzene rings is 2. The number of aliphatic carboxylic acids is 1. The van der Waals surface area contributed by atoms with Gasteiger partial charge in [0, 0.05) is 10.6 Å². The van der Waals surface area contributed by atoms with Crippen LogP contribution in [-0.2, 0) is 35.9 Å². The standard InChI is InChI=1S/C28H33ClO13/c1-2-38-16-6-3-13(4-7-16)9-14-10-15(5-8-17(14)29)28-24(35)22(23(34)27(11-30,42-28)12-39-28)41-26-20(33)18(31)19(32)21(40-26)25(36)37/h3-8,10,18-24,26,30-35H,2,9,11-12H2,1H3,(H,36,37)/t18-,19-,20+,21-,22-,23-,24+,26-,27-,28-/m0/s1. The lowest BCUT2D eigenvalue weighted by atomic mass is 9.83. The molecule has 2 aromatic rings. The summed E-state index contributed by atoms with van der Waals surface area (Å²) >= 11 is 6.51. The fourth-order valence-electron chi connectivity index (χ4n) is 5.54. The van der Waals surface area contributed by atoms with Crippen LogP contribution in [0.1, 0.15) is 23.6 Å². The van der Waals surface area contributed by atoms with E-state index in [2.05, 4.69) is 0 Å². The molecule has 14 heteroatoms. The topological polar surface area (TPSA) is 205 Å². The van der Waals surface area contributed by atoms with Crippen LogP contribution in [0, 0.1) is 0 Å². The third kappa shape index (κ3) is 5.29. The molecule has 3 saturated heterocycles. The van der Waals surface area contributed by atoms with Gasteiger partial charge >= 0.3 is 5.97 Å². The van der Waals surface area contributed by atoms with Crippen LogP contribution in [0.3, 0.4) is 0 Å². The molecule has 0 spiro atoms. The van der Waals surface area contributed by atoms with Crippen molar-refractivity contribution in [3.63, 3.8) is 0 Å². The van der Waals surface area contributed by atoms with Crippen molar-refractivity contribution in [3.8, 4) is 5.75 Å². The van der Waals surface area contributed by atoms with E-state index in [9.17, 15) is 40.5 Å². The second-order valence-electron chi connectivity index (χ2n) is 10.6. The maximum atomic E-state index is 11.6. The molecule has 230 valence electrons. The van der Waals surface area contributed by atoms with Crippen LogP contribution < -0.4 is 4.74 Å². The van der Waals surface area contributed by atoms with E-state index in [-0.39, 0.29) is 12.2 Å². The van der Waals surface area contributed by atoms with Crippen molar-refractivity contribution >= 4 is 17.6 Å². The minimum absolute atomic E-state index is 0.278. The fraction of sp³-hybridized carbons (Fsp3) is 0.536. The van der Waals surface area contributed by atoms with Crippen LogP contribution in [0.25, 0.3) is 0 Å². The number of carboxylic acid groups (broad SMARTS) is 1. The lowest BCUT2D eigenvalue weighted by molar-refractivity contribution is -0.372. The normalized spacial score (nSPS) is 37.9. The Labute approximate surface area is 245 Å². The largest absolute Gasteiger partial charge is 0.494 e. The molecule has 0 radical (unpaired) electrons. The number of hydrogen-bond donors (Lipinski definition) is 7. The van der Waals surface area contributed by atoms with Gasteiger partial charge in [0.2, 0.25) is 5.79 Å². The average molecular weight is 613 g/mol.